The minimum atomic E-state index is -1.52. The maximum absolute atomic E-state index is 13.7. The van der Waals surface area contributed by atoms with Crippen LogP contribution in [0.4, 0.5) is 30.6 Å². The summed E-state index contributed by atoms with van der Waals surface area (Å²) in [4.78, 5) is 8.42. The molecule has 22 heavy (non-hydrogen) atoms. The first kappa shape index (κ1) is 16.1. The van der Waals surface area contributed by atoms with Crippen molar-refractivity contribution in [2.24, 2.45) is 0 Å². The fourth-order valence-electron chi connectivity index (χ4n) is 1.78. The van der Waals surface area contributed by atoms with Gasteiger partial charge < -0.3 is 10.6 Å². The summed E-state index contributed by atoms with van der Waals surface area (Å²) in [7, 11) is 0. The number of nitrogens with one attached hydrogen (secondary N) is 2. The van der Waals surface area contributed by atoms with Crippen molar-refractivity contribution in [3.8, 4) is 0 Å². The molecule has 0 unspecified atom stereocenters. The highest BCUT2D eigenvalue weighted by Gasteiger charge is 2.15. The van der Waals surface area contributed by atoms with Crippen molar-refractivity contribution in [2.45, 2.75) is 33.2 Å². The molecule has 118 valence electrons. The first-order chi connectivity index (χ1) is 10.2. The highest BCUT2D eigenvalue weighted by atomic mass is 19.2. The van der Waals surface area contributed by atoms with Gasteiger partial charge >= 0.3 is 0 Å². The van der Waals surface area contributed by atoms with Crippen LogP contribution in [0.5, 0.6) is 0 Å². The summed E-state index contributed by atoms with van der Waals surface area (Å²) in [5.74, 6) is -3.41. The van der Waals surface area contributed by atoms with E-state index < -0.39 is 17.5 Å². The molecule has 0 atom stereocenters. The standard InChI is InChI=1S/C15H17F3N4/c1-8-7-11(21-14(19-8)22-15(2,3)4)20-10-6-5-9(16)12(17)13(10)18/h5-7H,1-4H3,(H2,19,20,21,22). The van der Waals surface area contributed by atoms with E-state index in [1.54, 1.807) is 13.0 Å². The van der Waals surface area contributed by atoms with Gasteiger partial charge in [0.15, 0.2) is 17.5 Å². The lowest BCUT2D eigenvalue weighted by molar-refractivity contribution is 0.449. The van der Waals surface area contributed by atoms with E-state index in [1.165, 1.54) is 0 Å². The number of benzene rings is 1. The second-order valence-electron chi connectivity index (χ2n) is 5.94. The normalized spacial score (nSPS) is 11.4. The van der Waals surface area contributed by atoms with Crippen molar-refractivity contribution < 1.29 is 13.2 Å². The molecule has 0 fully saturated rings. The average Bonchev–Trinajstić information content (AvgIpc) is 2.37. The van der Waals surface area contributed by atoms with Crippen LogP contribution in [0.1, 0.15) is 26.5 Å². The lowest BCUT2D eigenvalue weighted by Crippen LogP contribution is -2.27. The maximum atomic E-state index is 13.7. The van der Waals surface area contributed by atoms with Crippen LogP contribution in [0.3, 0.4) is 0 Å². The molecule has 2 aromatic rings. The van der Waals surface area contributed by atoms with Gasteiger partial charge in [0.2, 0.25) is 5.95 Å². The fraction of sp³-hybridized carbons (Fsp3) is 0.333. The quantitative estimate of drug-likeness (QED) is 0.836. The number of hydrogen-bond acceptors (Lipinski definition) is 4. The summed E-state index contributed by atoms with van der Waals surface area (Å²) in [6.45, 7) is 7.59. The van der Waals surface area contributed by atoms with Crippen LogP contribution in [0.25, 0.3) is 0 Å². The Morgan fingerprint density at radius 2 is 1.68 bits per heavy atom. The van der Waals surface area contributed by atoms with Crippen molar-refractivity contribution in [3.63, 3.8) is 0 Å². The van der Waals surface area contributed by atoms with E-state index in [0.717, 1.165) is 12.1 Å². The molecule has 0 aliphatic rings. The molecule has 1 aromatic heterocycles. The zero-order valence-corrected chi connectivity index (χ0v) is 12.8. The van der Waals surface area contributed by atoms with Crippen molar-refractivity contribution in [3.05, 3.63) is 41.3 Å². The van der Waals surface area contributed by atoms with Gasteiger partial charge in [-0.15, -0.1) is 0 Å². The number of rotatable bonds is 3. The summed E-state index contributed by atoms with van der Waals surface area (Å²) < 4.78 is 39.9. The number of nitrogens with zero attached hydrogens (tertiary/aromatic N) is 2. The summed E-state index contributed by atoms with van der Waals surface area (Å²) in [5, 5.41) is 5.73. The molecule has 7 heteroatoms. The van der Waals surface area contributed by atoms with Crippen LogP contribution in [0.2, 0.25) is 0 Å². The Morgan fingerprint density at radius 3 is 2.32 bits per heavy atom. The summed E-state index contributed by atoms with van der Waals surface area (Å²) in [5.41, 5.74) is 0.198. The predicted molar refractivity (Wildman–Crippen MR) is 79.7 cm³/mol. The second-order valence-corrected chi connectivity index (χ2v) is 5.94. The Bertz CT molecular complexity index is 696. The molecule has 2 N–H and O–H groups in total. The third-order valence-electron chi connectivity index (χ3n) is 2.64. The number of hydrogen-bond donors (Lipinski definition) is 2. The Kier molecular flexibility index (Phi) is 4.25. The highest BCUT2D eigenvalue weighted by Crippen LogP contribution is 2.24. The minimum Gasteiger partial charge on any atom is -0.350 e. The molecule has 4 nitrogen and oxygen atoms in total. The summed E-state index contributed by atoms with van der Waals surface area (Å²) >= 11 is 0. The summed E-state index contributed by atoms with van der Waals surface area (Å²) in [6.07, 6.45) is 0. The van der Waals surface area contributed by atoms with E-state index in [4.69, 9.17) is 0 Å². The lowest BCUT2D eigenvalue weighted by atomic mass is 10.1. The zero-order chi connectivity index (χ0) is 16.5. The maximum Gasteiger partial charge on any atom is 0.225 e. The second kappa shape index (κ2) is 5.82. The average molecular weight is 310 g/mol. The van der Waals surface area contributed by atoms with Crippen molar-refractivity contribution in [1.29, 1.82) is 0 Å². The molecule has 0 bridgehead atoms. The summed E-state index contributed by atoms with van der Waals surface area (Å²) in [6, 6.07) is 3.54. The third kappa shape index (κ3) is 3.87. The van der Waals surface area contributed by atoms with Crippen LogP contribution in [0, 0.1) is 24.4 Å². The number of aryl methyl sites for hydroxylation is 1. The molecule has 1 aromatic carbocycles. The molecule has 0 saturated heterocycles. The molecule has 0 aliphatic heterocycles. The van der Waals surface area contributed by atoms with Crippen LogP contribution in [-0.4, -0.2) is 15.5 Å². The highest BCUT2D eigenvalue weighted by molar-refractivity contribution is 5.58. The van der Waals surface area contributed by atoms with Crippen LogP contribution in [0.15, 0.2) is 18.2 Å². The number of anilines is 3. The number of halogens is 3. The van der Waals surface area contributed by atoms with Gasteiger partial charge in [-0.3, -0.25) is 0 Å². The molecule has 0 amide bonds. The monoisotopic (exact) mass is 310 g/mol. The third-order valence-corrected chi connectivity index (χ3v) is 2.64. The lowest BCUT2D eigenvalue weighted by Gasteiger charge is -2.21. The van der Waals surface area contributed by atoms with Gasteiger partial charge in [-0.05, 0) is 39.8 Å². The molecule has 2 rings (SSSR count). The Labute approximate surface area is 126 Å². The smallest absolute Gasteiger partial charge is 0.225 e. The van der Waals surface area contributed by atoms with Gasteiger partial charge in [-0.25, -0.2) is 18.2 Å². The SMILES string of the molecule is Cc1cc(Nc2ccc(F)c(F)c2F)nc(NC(C)(C)C)n1. The van der Waals surface area contributed by atoms with Crippen molar-refractivity contribution >= 4 is 17.5 Å². The van der Waals surface area contributed by atoms with E-state index in [0.29, 0.717) is 11.6 Å². The zero-order valence-electron chi connectivity index (χ0n) is 12.8. The van der Waals surface area contributed by atoms with Gasteiger partial charge in [0.05, 0.1) is 5.69 Å². The minimum absolute atomic E-state index is 0.196. The molecule has 0 aliphatic carbocycles. The van der Waals surface area contributed by atoms with E-state index in [9.17, 15) is 13.2 Å². The Balaban J connectivity index is 2.32. The van der Waals surface area contributed by atoms with E-state index in [-0.39, 0.29) is 17.0 Å². The molecular formula is C15H17F3N4. The van der Waals surface area contributed by atoms with Crippen LogP contribution >= 0.6 is 0 Å². The van der Waals surface area contributed by atoms with E-state index >= 15 is 0 Å². The van der Waals surface area contributed by atoms with Crippen molar-refractivity contribution in [1.82, 2.24) is 9.97 Å². The van der Waals surface area contributed by atoms with Gasteiger partial charge in [0.25, 0.3) is 0 Å². The Morgan fingerprint density at radius 1 is 1.00 bits per heavy atom. The fourth-order valence-corrected chi connectivity index (χ4v) is 1.78. The van der Waals surface area contributed by atoms with E-state index in [1.807, 2.05) is 20.8 Å². The van der Waals surface area contributed by atoms with Gasteiger partial charge in [0.1, 0.15) is 5.82 Å². The van der Waals surface area contributed by atoms with Gasteiger partial charge in [-0.2, -0.15) is 4.98 Å². The van der Waals surface area contributed by atoms with Crippen LogP contribution < -0.4 is 10.6 Å². The van der Waals surface area contributed by atoms with Gasteiger partial charge in [0, 0.05) is 17.3 Å². The predicted octanol–water partition coefficient (Wildman–Crippen LogP) is 4.16. The molecule has 1 heterocycles. The van der Waals surface area contributed by atoms with E-state index in [2.05, 4.69) is 20.6 Å². The molecule has 0 saturated carbocycles. The first-order valence-corrected chi connectivity index (χ1v) is 6.70. The largest absolute Gasteiger partial charge is 0.350 e. The Hall–Kier alpha value is -2.31. The van der Waals surface area contributed by atoms with Crippen LogP contribution in [-0.2, 0) is 0 Å². The number of aromatic nitrogens is 2. The first-order valence-electron chi connectivity index (χ1n) is 6.70. The molecule has 0 spiro atoms. The topological polar surface area (TPSA) is 49.8 Å². The van der Waals surface area contributed by atoms with Gasteiger partial charge in [-0.1, -0.05) is 0 Å². The molecule has 0 radical (unpaired) electrons. The van der Waals surface area contributed by atoms with Crippen molar-refractivity contribution in [2.75, 3.05) is 10.6 Å². The molecular weight excluding hydrogens is 293 g/mol.